The number of nitrogens with zero attached hydrogens (tertiary/aromatic N) is 4. The standard InChI is InChI=1S/C14H16F3N5O/c1-13(2,3)12-18-5-8(6-19-12)20-11(23)9-7-22(4)21-10(9)14(15,16)17/h5-7H,1-4H3,(H,20,23). The Labute approximate surface area is 130 Å². The minimum absolute atomic E-state index is 0.208. The molecule has 1 N–H and O–H groups in total. The quantitative estimate of drug-likeness (QED) is 0.920. The highest BCUT2D eigenvalue weighted by molar-refractivity contribution is 6.04. The third kappa shape index (κ3) is 3.85. The molecule has 6 nitrogen and oxygen atoms in total. The molecule has 1 amide bonds. The molecular formula is C14H16F3N5O. The van der Waals surface area contributed by atoms with Gasteiger partial charge >= 0.3 is 6.18 Å². The molecule has 2 aromatic rings. The molecule has 0 radical (unpaired) electrons. The van der Waals surface area contributed by atoms with E-state index in [1.54, 1.807) is 0 Å². The van der Waals surface area contributed by atoms with Crippen molar-refractivity contribution in [2.24, 2.45) is 7.05 Å². The molecule has 9 heteroatoms. The summed E-state index contributed by atoms with van der Waals surface area (Å²) in [5, 5.41) is 5.64. The maximum atomic E-state index is 12.9. The Morgan fingerprint density at radius 1 is 1.17 bits per heavy atom. The van der Waals surface area contributed by atoms with Crippen LogP contribution in [0.5, 0.6) is 0 Å². The number of anilines is 1. The van der Waals surface area contributed by atoms with E-state index in [9.17, 15) is 18.0 Å². The number of aromatic nitrogens is 4. The fourth-order valence-electron chi connectivity index (χ4n) is 1.84. The van der Waals surface area contributed by atoms with Crippen LogP contribution in [0.15, 0.2) is 18.6 Å². The largest absolute Gasteiger partial charge is 0.435 e. The van der Waals surface area contributed by atoms with Crippen molar-refractivity contribution < 1.29 is 18.0 Å². The SMILES string of the molecule is Cn1cc(C(=O)Nc2cnc(C(C)(C)C)nc2)c(C(F)(F)F)n1. The second kappa shape index (κ2) is 5.64. The monoisotopic (exact) mass is 327 g/mol. The highest BCUT2D eigenvalue weighted by Gasteiger charge is 2.39. The number of hydrogen-bond donors (Lipinski definition) is 1. The second-order valence-corrected chi connectivity index (χ2v) is 6.06. The molecule has 0 aliphatic rings. The molecule has 0 fully saturated rings. The first-order valence-corrected chi connectivity index (χ1v) is 6.73. The zero-order chi connectivity index (χ0) is 17.4. The number of carbonyl (C=O) groups is 1. The number of alkyl halides is 3. The molecule has 0 aromatic carbocycles. The molecule has 0 saturated carbocycles. The summed E-state index contributed by atoms with van der Waals surface area (Å²) in [5.74, 6) is -0.356. The van der Waals surface area contributed by atoms with E-state index >= 15 is 0 Å². The first kappa shape index (κ1) is 16.9. The van der Waals surface area contributed by atoms with E-state index in [0.29, 0.717) is 5.82 Å². The molecule has 0 saturated heterocycles. The highest BCUT2D eigenvalue weighted by atomic mass is 19.4. The Bertz CT molecular complexity index is 713. The van der Waals surface area contributed by atoms with Crippen LogP contribution < -0.4 is 5.32 Å². The van der Waals surface area contributed by atoms with Gasteiger partial charge in [0.2, 0.25) is 0 Å². The van der Waals surface area contributed by atoms with Gasteiger partial charge in [0.1, 0.15) is 5.82 Å². The Kier molecular flexibility index (Phi) is 4.14. The second-order valence-electron chi connectivity index (χ2n) is 6.06. The van der Waals surface area contributed by atoms with Crippen molar-refractivity contribution in [1.82, 2.24) is 19.7 Å². The van der Waals surface area contributed by atoms with Gasteiger partial charge in [-0.3, -0.25) is 9.48 Å². The summed E-state index contributed by atoms with van der Waals surface area (Å²) in [4.78, 5) is 20.3. The van der Waals surface area contributed by atoms with Gasteiger partial charge in [0, 0.05) is 18.7 Å². The number of halogens is 3. The van der Waals surface area contributed by atoms with Crippen LogP contribution in [0.25, 0.3) is 0 Å². The van der Waals surface area contributed by atoms with E-state index in [1.807, 2.05) is 20.8 Å². The van der Waals surface area contributed by atoms with Crippen LogP contribution in [0.4, 0.5) is 18.9 Å². The number of rotatable bonds is 2. The van der Waals surface area contributed by atoms with Crippen LogP contribution in [0.1, 0.15) is 42.6 Å². The number of amides is 1. The fourth-order valence-corrected chi connectivity index (χ4v) is 1.84. The van der Waals surface area contributed by atoms with Crippen LogP contribution in [0.2, 0.25) is 0 Å². The molecule has 23 heavy (non-hydrogen) atoms. The summed E-state index contributed by atoms with van der Waals surface area (Å²) < 4.78 is 39.5. The zero-order valence-electron chi connectivity index (χ0n) is 13.1. The zero-order valence-corrected chi connectivity index (χ0v) is 13.1. The Morgan fingerprint density at radius 3 is 2.22 bits per heavy atom. The molecule has 0 aliphatic carbocycles. The van der Waals surface area contributed by atoms with Crippen LogP contribution in [-0.2, 0) is 18.6 Å². The van der Waals surface area contributed by atoms with E-state index in [0.717, 1.165) is 10.9 Å². The van der Waals surface area contributed by atoms with Gasteiger partial charge in [-0.05, 0) is 0 Å². The summed E-state index contributed by atoms with van der Waals surface area (Å²) in [6.45, 7) is 5.77. The van der Waals surface area contributed by atoms with Gasteiger partial charge in [-0.2, -0.15) is 18.3 Å². The van der Waals surface area contributed by atoms with E-state index in [4.69, 9.17) is 0 Å². The average Bonchev–Trinajstić information content (AvgIpc) is 2.80. The summed E-state index contributed by atoms with van der Waals surface area (Å²) in [7, 11) is 1.31. The van der Waals surface area contributed by atoms with Gasteiger partial charge in [0.25, 0.3) is 5.91 Å². The minimum Gasteiger partial charge on any atom is -0.319 e. The van der Waals surface area contributed by atoms with Crippen LogP contribution >= 0.6 is 0 Å². The highest BCUT2D eigenvalue weighted by Crippen LogP contribution is 2.30. The normalized spacial score (nSPS) is 12.3. The van der Waals surface area contributed by atoms with E-state index in [-0.39, 0.29) is 11.1 Å². The van der Waals surface area contributed by atoms with E-state index in [1.165, 1.54) is 19.4 Å². The Hall–Kier alpha value is -2.45. The van der Waals surface area contributed by atoms with Crippen LogP contribution in [0, 0.1) is 0 Å². The van der Waals surface area contributed by atoms with Gasteiger partial charge in [-0.1, -0.05) is 20.8 Å². The predicted molar refractivity (Wildman–Crippen MR) is 76.9 cm³/mol. The van der Waals surface area contributed by atoms with Crippen molar-refractivity contribution in [2.45, 2.75) is 32.4 Å². The van der Waals surface area contributed by atoms with Crippen molar-refractivity contribution in [3.05, 3.63) is 35.7 Å². The van der Waals surface area contributed by atoms with Crippen LogP contribution in [-0.4, -0.2) is 25.7 Å². The smallest absolute Gasteiger partial charge is 0.319 e. The predicted octanol–water partition coefficient (Wildman–Crippen LogP) is 2.78. The third-order valence-electron chi connectivity index (χ3n) is 2.92. The molecule has 2 rings (SSSR count). The number of aryl methyl sites for hydroxylation is 1. The van der Waals surface area contributed by atoms with Crippen LogP contribution in [0.3, 0.4) is 0 Å². The Morgan fingerprint density at radius 2 is 1.74 bits per heavy atom. The molecule has 0 unspecified atom stereocenters. The van der Waals surface area contributed by atoms with Gasteiger partial charge in [0.15, 0.2) is 5.69 Å². The first-order chi connectivity index (χ1) is 10.5. The summed E-state index contributed by atoms with van der Waals surface area (Å²) in [6, 6.07) is 0. The third-order valence-corrected chi connectivity index (χ3v) is 2.92. The lowest BCUT2D eigenvalue weighted by atomic mass is 9.96. The van der Waals surface area contributed by atoms with Gasteiger partial charge in [-0.25, -0.2) is 9.97 Å². The van der Waals surface area contributed by atoms with Gasteiger partial charge in [0.05, 0.1) is 23.6 Å². The molecular weight excluding hydrogens is 311 g/mol. The number of carbonyl (C=O) groups excluding carboxylic acids is 1. The number of hydrogen-bond acceptors (Lipinski definition) is 4. The first-order valence-electron chi connectivity index (χ1n) is 6.73. The number of nitrogens with one attached hydrogen (secondary N) is 1. The molecule has 0 aliphatic heterocycles. The molecule has 124 valence electrons. The van der Waals surface area contributed by atoms with Crippen molar-refractivity contribution in [2.75, 3.05) is 5.32 Å². The fraction of sp³-hybridized carbons (Fsp3) is 0.429. The van der Waals surface area contributed by atoms with E-state index in [2.05, 4.69) is 20.4 Å². The lowest BCUT2D eigenvalue weighted by Crippen LogP contribution is -2.19. The van der Waals surface area contributed by atoms with Crippen molar-refractivity contribution >= 4 is 11.6 Å². The molecule has 2 aromatic heterocycles. The topological polar surface area (TPSA) is 72.7 Å². The molecule has 0 spiro atoms. The minimum atomic E-state index is -4.71. The summed E-state index contributed by atoms with van der Waals surface area (Å²) in [5.41, 5.74) is -1.85. The lowest BCUT2D eigenvalue weighted by molar-refractivity contribution is -0.141. The van der Waals surface area contributed by atoms with Crippen molar-refractivity contribution in [1.29, 1.82) is 0 Å². The summed E-state index contributed by atoms with van der Waals surface area (Å²) in [6.07, 6.45) is -0.979. The molecule has 0 bridgehead atoms. The molecule has 0 atom stereocenters. The van der Waals surface area contributed by atoms with E-state index < -0.39 is 23.3 Å². The molecule has 2 heterocycles. The van der Waals surface area contributed by atoms with Crippen molar-refractivity contribution in [3.63, 3.8) is 0 Å². The maximum absolute atomic E-state index is 12.9. The van der Waals surface area contributed by atoms with Gasteiger partial charge in [-0.15, -0.1) is 0 Å². The van der Waals surface area contributed by atoms with Gasteiger partial charge < -0.3 is 5.32 Å². The summed E-state index contributed by atoms with van der Waals surface area (Å²) >= 11 is 0. The lowest BCUT2D eigenvalue weighted by Gasteiger charge is -2.16. The van der Waals surface area contributed by atoms with Crippen molar-refractivity contribution in [3.8, 4) is 0 Å². The average molecular weight is 327 g/mol. The Balaban J connectivity index is 2.23. The maximum Gasteiger partial charge on any atom is 0.435 e.